The van der Waals surface area contributed by atoms with E-state index in [0.717, 1.165) is 17.3 Å². The number of anilines is 1. The zero-order valence-electron chi connectivity index (χ0n) is 10.6. The van der Waals surface area contributed by atoms with Gasteiger partial charge >= 0.3 is 0 Å². The van der Waals surface area contributed by atoms with Crippen LogP contribution in [0.4, 0.5) is 5.82 Å². The van der Waals surface area contributed by atoms with Crippen molar-refractivity contribution in [2.75, 3.05) is 11.9 Å². The van der Waals surface area contributed by atoms with E-state index >= 15 is 0 Å². The first-order chi connectivity index (χ1) is 9.75. The Bertz CT molecular complexity index is 582. The molecule has 0 saturated carbocycles. The van der Waals surface area contributed by atoms with Crippen molar-refractivity contribution in [3.63, 3.8) is 0 Å². The number of carbonyl (C=O) groups is 1. The normalized spacial score (nSPS) is 22.6. The zero-order chi connectivity index (χ0) is 13.9. The van der Waals surface area contributed by atoms with E-state index in [4.69, 9.17) is 4.74 Å². The maximum atomic E-state index is 12.4. The molecule has 0 aromatic carbocycles. The van der Waals surface area contributed by atoms with E-state index < -0.39 is 0 Å². The molecule has 7 nitrogen and oxygen atoms in total. The molecular weight excluding hydrogens is 326 g/mol. The van der Waals surface area contributed by atoms with Gasteiger partial charge in [-0.15, -0.1) is 0 Å². The summed E-state index contributed by atoms with van der Waals surface area (Å²) in [6.07, 6.45) is 6.28. The number of halogens is 1. The molecule has 1 saturated heterocycles. The summed E-state index contributed by atoms with van der Waals surface area (Å²) in [5, 5.41) is 9.41. The predicted octanol–water partition coefficient (Wildman–Crippen LogP) is 2.00. The molecule has 2 atom stereocenters. The van der Waals surface area contributed by atoms with Crippen molar-refractivity contribution in [1.29, 1.82) is 0 Å². The van der Waals surface area contributed by atoms with Gasteiger partial charge in [-0.1, -0.05) is 0 Å². The molecule has 1 aliphatic rings. The summed E-state index contributed by atoms with van der Waals surface area (Å²) in [6, 6.07) is 0. The Balaban J connectivity index is 1.76. The minimum atomic E-state index is -0.333. The summed E-state index contributed by atoms with van der Waals surface area (Å²) in [5.74, 6) is 0.869. The van der Waals surface area contributed by atoms with Crippen LogP contribution in [0.3, 0.4) is 0 Å². The van der Waals surface area contributed by atoms with Gasteiger partial charge in [0.15, 0.2) is 0 Å². The number of imidazole rings is 1. The van der Waals surface area contributed by atoms with Crippen LogP contribution < -0.4 is 5.32 Å². The third kappa shape index (κ3) is 2.61. The number of nitrogens with zero attached hydrogens (tertiary/aromatic N) is 2. The molecule has 106 valence electrons. The van der Waals surface area contributed by atoms with Crippen molar-refractivity contribution in [2.45, 2.75) is 18.9 Å². The number of ether oxygens (including phenoxy) is 1. The standard InChI is InChI=1S/C12H14BrN5O2/c13-8-6-16-18-10(8)17-12(19)7-2-1-5-20-9(7)11-14-3-4-15-11/h3-4,6-7,9H,1-2,5H2,(H,14,15)(H2,16,17,18,19)/t7-,9-/m1/s1. The van der Waals surface area contributed by atoms with Gasteiger partial charge in [-0.05, 0) is 28.8 Å². The second-order valence-corrected chi connectivity index (χ2v) is 5.45. The molecule has 3 heterocycles. The number of nitrogens with one attached hydrogen (secondary N) is 3. The molecule has 0 radical (unpaired) electrons. The van der Waals surface area contributed by atoms with Crippen LogP contribution in [0.1, 0.15) is 24.8 Å². The van der Waals surface area contributed by atoms with E-state index in [0.29, 0.717) is 18.2 Å². The van der Waals surface area contributed by atoms with Crippen molar-refractivity contribution in [1.82, 2.24) is 20.2 Å². The molecule has 3 N–H and O–H groups in total. The molecule has 3 rings (SSSR count). The van der Waals surface area contributed by atoms with Gasteiger partial charge in [0.25, 0.3) is 0 Å². The van der Waals surface area contributed by atoms with E-state index in [1.165, 1.54) is 0 Å². The fraction of sp³-hybridized carbons (Fsp3) is 0.417. The Labute approximate surface area is 123 Å². The van der Waals surface area contributed by atoms with E-state index in [1.54, 1.807) is 18.6 Å². The fourth-order valence-electron chi connectivity index (χ4n) is 2.33. The minimum Gasteiger partial charge on any atom is -0.369 e. The lowest BCUT2D eigenvalue weighted by atomic mass is 9.93. The van der Waals surface area contributed by atoms with Gasteiger partial charge in [-0.25, -0.2) is 4.98 Å². The number of aromatic amines is 2. The summed E-state index contributed by atoms with van der Waals surface area (Å²) < 4.78 is 6.43. The zero-order valence-corrected chi connectivity index (χ0v) is 12.2. The summed E-state index contributed by atoms with van der Waals surface area (Å²) in [4.78, 5) is 19.6. The van der Waals surface area contributed by atoms with Crippen LogP contribution in [-0.2, 0) is 9.53 Å². The van der Waals surface area contributed by atoms with Crippen molar-refractivity contribution in [2.24, 2.45) is 5.92 Å². The lowest BCUT2D eigenvalue weighted by Crippen LogP contribution is -2.33. The van der Waals surface area contributed by atoms with Crippen molar-refractivity contribution in [3.05, 3.63) is 28.9 Å². The van der Waals surface area contributed by atoms with Crippen LogP contribution in [-0.4, -0.2) is 32.7 Å². The van der Waals surface area contributed by atoms with E-state index in [-0.39, 0.29) is 17.9 Å². The number of hydrogen-bond donors (Lipinski definition) is 3. The maximum Gasteiger partial charge on any atom is 0.231 e. The Morgan fingerprint density at radius 1 is 1.55 bits per heavy atom. The Kier molecular flexibility index (Phi) is 3.83. The number of rotatable bonds is 3. The maximum absolute atomic E-state index is 12.4. The van der Waals surface area contributed by atoms with Crippen molar-refractivity contribution in [3.8, 4) is 0 Å². The molecule has 0 unspecified atom stereocenters. The summed E-state index contributed by atoms with van der Waals surface area (Å²) in [7, 11) is 0. The van der Waals surface area contributed by atoms with Gasteiger partial charge in [0.2, 0.25) is 5.91 Å². The van der Waals surface area contributed by atoms with Crippen molar-refractivity contribution < 1.29 is 9.53 Å². The predicted molar refractivity (Wildman–Crippen MR) is 74.9 cm³/mol. The highest BCUT2D eigenvalue weighted by Gasteiger charge is 2.35. The number of carbonyl (C=O) groups excluding carboxylic acids is 1. The van der Waals surface area contributed by atoms with Crippen LogP contribution in [0.2, 0.25) is 0 Å². The quantitative estimate of drug-likeness (QED) is 0.796. The molecular formula is C12H14BrN5O2. The topological polar surface area (TPSA) is 95.7 Å². The molecule has 0 bridgehead atoms. The molecule has 2 aromatic heterocycles. The second kappa shape index (κ2) is 5.76. The average molecular weight is 340 g/mol. The Morgan fingerprint density at radius 3 is 3.15 bits per heavy atom. The average Bonchev–Trinajstić information content (AvgIpc) is 3.11. The highest BCUT2D eigenvalue weighted by molar-refractivity contribution is 9.10. The third-order valence-electron chi connectivity index (χ3n) is 3.29. The van der Waals surface area contributed by atoms with E-state index in [1.807, 2.05) is 0 Å². The number of aromatic nitrogens is 4. The monoisotopic (exact) mass is 339 g/mol. The number of hydrogen-bond acceptors (Lipinski definition) is 4. The molecule has 1 amide bonds. The van der Waals surface area contributed by atoms with Gasteiger partial charge < -0.3 is 15.0 Å². The van der Waals surface area contributed by atoms with Crippen LogP contribution >= 0.6 is 15.9 Å². The van der Waals surface area contributed by atoms with Gasteiger partial charge in [0, 0.05) is 19.0 Å². The fourth-order valence-corrected chi connectivity index (χ4v) is 2.62. The van der Waals surface area contributed by atoms with Crippen molar-refractivity contribution >= 4 is 27.7 Å². The second-order valence-electron chi connectivity index (χ2n) is 4.60. The van der Waals surface area contributed by atoms with Crippen LogP contribution in [0, 0.1) is 5.92 Å². The molecule has 20 heavy (non-hydrogen) atoms. The highest BCUT2D eigenvalue weighted by atomic mass is 79.9. The molecule has 0 aliphatic carbocycles. The molecule has 8 heteroatoms. The Hall–Kier alpha value is -1.67. The minimum absolute atomic E-state index is 0.101. The van der Waals surface area contributed by atoms with Crippen LogP contribution in [0.15, 0.2) is 23.1 Å². The summed E-state index contributed by atoms with van der Waals surface area (Å²) in [6.45, 7) is 0.642. The summed E-state index contributed by atoms with van der Waals surface area (Å²) in [5.41, 5.74) is 0. The molecule has 2 aromatic rings. The molecule has 1 fully saturated rings. The first-order valence-electron chi connectivity index (χ1n) is 6.36. The van der Waals surface area contributed by atoms with Crippen LogP contribution in [0.5, 0.6) is 0 Å². The van der Waals surface area contributed by atoms with Gasteiger partial charge in [-0.3, -0.25) is 9.89 Å². The molecule has 0 spiro atoms. The first kappa shape index (κ1) is 13.3. The smallest absolute Gasteiger partial charge is 0.231 e. The highest BCUT2D eigenvalue weighted by Crippen LogP contribution is 2.33. The first-order valence-corrected chi connectivity index (χ1v) is 7.15. The summed E-state index contributed by atoms with van der Waals surface area (Å²) >= 11 is 3.31. The van der Waals surface area contributed by atoms with Gasteiger partial charge in [0.05, 0.1) is 16.6 Å². The van der Waals surface area contributed by atoms with E-state index in [9.17, 15) is 4.79 Å². The lowest BCUT2D eigenvalue weighted by Gasteiger charge is -2.29. The lowest BCUT2D eigenvalue weighted by molar-refractivity contribution is -0.129. The number of H-pyrrole nitrogens is 2. The van der Waals surface area contributed by atoms with Crippen LogP contribution in [0.25, 0.3) is 0 Å². The largest absolute Gasteiger partial charge is 0.369 e. The number of amides is 1. The third-order valence-corrected chi connectivity index (χ3v) is 3.89. The Morgan fingerprint density at radius 2 is 2.45 bits per heavy atom. The van der Waals surface area contributed by atoms with E-state index in [2.05, 4.69) is 41.4 Å². The van der Waals surface area contributed by atoms with Gasteiger partial charge in [-0.2, -0.15) is 5.10 Å². The SMILES string of the molecule is O=C(Nc1[nH]ncc1Br)[C@@H]1CCCO[C@H]1c1ncc[nH]1. The van der Waals surface area contributed by atoms with Gasteiger partial charge in [0.1, 0.15) is 17.7 Å². The molecule has 1 aliphatic heterocycles.